The number of ether oxygens (including phenoxy) is 2. The third-order valence-electron chi connectivity index (χ3n) is 4.29. The van der Waals surface area contributed by atoms with Crippen molar-refractivity contribution in [3.8, 4) is 11.5 Å². The third kappa shape index (κ3) is 5.92. The van der Waals surface area contributed by atoms with Crippen LogP contribution in [0.15, 0.2) is 24.3 Å². The Kier molecular flexibility index (Phi) is 8.79. The topological polar surface area (TPSA) is 76.8 Å². The van der Waals surface area contributed by atoms with Gasteiger partial charge in [-0.05, 0) is 38.4 Å². The van der Waals surface area contributed by atoms with Crippen LogP contribution >= 0.6 is 24.8 Å². The highest BCUT2D eigenvalue weighted by molar-refractivity contribution is 5.85. The van der Waals surface area contributed by atoms with Crippen molar-refractivity contribution in [3.63, 3.8) is 0 Å². The molecule has 0 aromatic heterocycles. The molecule has 1 aromatic carbocycles. The van der Waals surface area contributed by atoms with Crippen molar-refractivity contribution in [2.75, 3.05) is 26.2 Å². The fourth-order valence-electron chi connectivity index (χ4n) is 3.11. The average molecular weight is 392 g/mol. The maximum absolute atomic E-state index is 11.7. The Morgan fingerprint density at radius 3 is 2.80 bits per heavy atom. The Labute approximate surface area is 161 Å². The number of hydrogen-bond donors (Lipinski definition) is 2. The predicted octanol–water partition coefficient (Wildman–Crippen LogP) is 1.60. The van der Waals surface area contributed by atoms with E-state index < -0.39 is 6.04 Å². The van der Waals surface area contributed by atoms with Gasteiger partial charge in [-0.1, -0.05) is 12.1 Å². The molecule has 25 heavy (non-hydrogen) atoms. The molecule has 1 fully saturated rings. The Morgan fingerprint density at radius 2 is 2.08 bits per heavy atom. The minimum absolute atomic E-state index is 0. The van der Waals surface area contributed by atoms with Gasteiger partial charge in [-0.3, -0.25) is 9.69 Å². The van der Waals surface area contributed by atoms with Gasteiger partial charge in [0.25, 0.3) is 0 Å². The second-order valence-electron chi connectivity index (χ2n) is 6.39. The molecule has 8 heteroatoms. The zero-order valence-electron chi connectivity index (χ0n) is 14.3. The van der Waals surface area contributed by atoms with Crippen LogP contribution in [0.25, 0.3) is 0 Å². The molecule has 0 bridgehead atoms. The van der Waals surface area contributed by atoms with E-state index in [0.717, 1.165) is 44.0 Å². The molecular formula is C17H27Cl2N3O3. The van der Waals surface area contributed by atoms with Gasteiger partial charge in [0.1, 0.15) is 12.7 Å². The van der Waals surface area contributed by atoms with Crippen LogP contribution in [0, 0.1) is 0 Å². The number of nitrogens with two attached hydrogens (primary N) is 1. The van der Waals surface area contributed by atoms with E-state index in [1.54, 1.807) is 6.92 Å². The SMILES string of the molecule is CC(N)C(=O)NC1CCCN(CC2COc3ccccc3O2)C1.Cl.Cl. The molecule has 2 aliphatic heterocycles. The number of rotatable bonds is 4. The van der Waals surface area contributed by atoms with Crippen molar-refractivity contribution < 1.29 is 14.3 Å². The number of para-hydroxylation sites is 2. The van der Waals surface area contributed by atoms with Gasteiger partial charge in [0, 0.05) is 19.1 Å². The van der Waals surface area contributed by atoms with Gasteiger partial charge in [0.2, 0.25) is 5.91 Å². The molecule has 1 saturated heterocycles. The first-order valence-electron chi connectivity index (χ1n) is 8.28. The van der Waals surface area contributed by atoms with E-state index in [-0.39, 0.29) is 42.9 Å². The average Bonchev–Trinajstić information content (AvgIpc) is 2.55. The molecule has 3 unspecified atom stereocenters. The fraction of sp³-hybridized carbons (Fsp3) is 0.588. The highest BCUT2D eigenvalue weighted by Crippen LogP contribution is 2.31. The van der Waals surface area contributed by atoms with Crippen molar-refractivity contribution in [1.82, 2.24) is 10.2 Å². The summed E-state index contributed by atoms with van der Waals surface area (Å²) < 4.78 is 11.8. The van der Waals surface area contributed by atoms with Crippen molar-refractivity contribution in [1.29, 1.82) is 0 Å². The van der Waals surface area contributed by atoms with Crippen LogP contribution in [0.1, 0.15) is 19.8 Å². The molecule has 6 nitrogen and oxygen atoms in total. The Hall–Kier alpha value is -1.21. The number of nitrogens with zero attached hydrogens (tertiary/aromatic N) is 1. The zero-order chi connectivity index (χ0) is 16.2. The molecule has 3 rings (SSSR count). The van der Waals surface area contributed by atoms with Crippen LogP contribution in [0.4, 0.5) is 0 Å². The predicted molar refractivity (Wildman–Crippen MR) is 102 cm³/mol. The molecule has 2 aliphatic rings. The van der Waals surface area contributed by atoms with Crippen LogP contribution in [0.2, 0.25) is 0 Å². The summed E-state index contributed by atoms with van der Waals surface area (Å²) in [6, 6.07) is 7.45. The molecule has 3 N–H and O–H groups in total. The second-order valence-corrected chi connectivity index (χ2v) is 6.39. The van der Waals surface area contributed by atoms with Gasteiger partial charge in [-0.15, -0.1) is 24.8 Å². The monoisotopic (exact) mass is 391 g/mol. The van der Waals surface area contributed by atoms with E-state index in [4.69, 9.17) is 15.2 Å². The number of fused-ring (bicyclic) bond motifs is 1. The first kappa shape index (κ1) is 21.8. The lowest BCUT2D eigenvalue weighted by Crippen LogP contribution is -2.53. The van der Waals surface area contributed by atoms with Crippen LogP contribution in [-0.2, 0) is 4.79 Å². The van der Waals surface area contributed by atoms with Gasteiger partial charge >= 0.3 is 0 Å². The van der Waals surface area contributed by atoms with Crippen LogP contribution in [0.5, 0.6) is 11.5 Å². The molecule has 1 aromatic rings. The number of halogens is 2. The summed E-state index contributed by atoms with van der Waals surface area (Å²) in [5.74, 6) is 1.54. The van der Waals surface area contributed by atoms with Crippen molar-refractivity contribution in [3.05, 3.63) is 24.3 Å². The van der Waals surface area contributed by atoms with Gasteiger partial charge in [-0.25, -0.2) is 0 Å². The summed E-state index contributed by atoms with van der Waals surface area (Å²) >= 11 is 0. The maximum Gasteiger partial charge on any atom is 0.236 e. The molecule has 0 radical (unpaired) electrons. The minimum Gasteiger partial charge on any atom is -0.486 e. The maximum atomic E-state index is 11.7. The number of hydrogen-bond acceptors (Lipinski definition) is 5. The standard InChI is InChI=1S/C17H25N3O3.2ClH/c1-12(18)17(21)19-13-5-4-8-20(9-13)10-14-11-22-15-6-2-3-7-16(15)23-14;;/h2-3,6-7,12-14H,4-5,8-11,18H2,1H3,(H,19,21);2*1H. The van der Waals surface area contributed by atoms with E-state index in [0.29, 0.717) is 6.61 Å². The van der Waals surface area contributed by atoms with Crippen LogP contribution < -0.4 is 20.5 Å². The van der Waals surface area contributed by atoms with E-state index in [1.165, 1.54) is 0 Å². The number of carbonyl (C=O) groups excluding carboxylic acids is 1. The van der Waals surface area contributed by atoms with E-state index in [2.05, 4.69) is 10.2 Å². The normalized spacial score (nSPS) is 23.6. The molecule has 0 aliphatic carbocycles. The van der Waals surface area contributed by atoms with Crippen molar-refractivity contribution >= 4 is 30.7 Å². The number of amides is 1. The Bertz CT molecular complexity index is 560. The molecule has 1 amide bonds. The molecule has 142 valence electrons. The number of likely N-dealkylation sites (tertiary alicyclic amines) is 1. The quantitative estimate of drug-likeness (QED) is 0.814. The molecule has 3 atom stereocenters. The smallest absolute Gasteiger partial charge is 0.236 e. The molecule has 0 saturated carbocycles. The number of carbonyl (C=O) groups is 1. The van der Waals surface area contributed by atoms with E-state index in [1.807, 2.05) is 24.3 Å². The first-order chi connectivity index (χ1) is 11.1. The lowest BCUT2D eigenvalue weighted by molar-refractivity contribution is -0.123. The van der Waals surface area contributed by atoms with E-state index in [9.17, 15) is 4.79 Å². The summed E-state index contributed by atoms with van der Waals surface area (Å²) in [6.45, 7) is 4.93. The first-order valence-corrected chi connectivity index (χ1v) is 8.28. The number of benzene rings is 1. The summed E-state index contributed by atoms with van der Waals surface area (Å²) in [4.78, 5) is 14.1. The summed E-state index contributed by atoms with van der Waals surface area (Å²) in [5, 5.41) is 3.02. The summed E-state index contributed by atoms with van der Waals surface area (Å²) in [7, 11) is 0. The summed E-state index contributed by atoms with van der Waals surface area (Å²) in [5.41, 5.74) is 5.62. The fourth-order valence-corrected chi connectivity index (χ4v) is 3.11. The Morgan fingerprint density at radius 1 is 1.36 bits per heavy atom. The largest absolute Gasteiger partial charge is 0.486 e. The number of piperidine rings is 1. The molecule has 2 heterocycles. The summed E-state index contributed by atoms with van der Waals surface area (Å²) in [6.07, 6.45) is 2.08. The Balaban J connectivity index is 0.00000156. The highest BCUT2D eigenvalue weighted by atomic mass is 35.5. The molecular weight excluding hydrogens is 365 g/mol. The highest BCUT2D eigenvalue weighted by Gasteiger charge is 2.27. The van der Waals surface area contributed by atoms with Gasteiger partial charge in [0.15, 0.2) is 11.5 Å². The minimum atomic E-state index is -0.461. The van der Waals surface area contributed by atoms with Crippen LogP contribution in [0.3, 0.4) is 0 Å². The lowest BCUT2D eigenvalue weighted by Gasteiger charge is -2.36. The van der Waals surface area contributed by atoms with Crippen molar-refractivity contribution in [2.24, 2.45) is 5.73 Å². The number of nitrogens with one attached hydrogen (secondary N) is 1. The zero-order valence-corrected chi connectivity index (χ0v) is 16.0. The van der Waals surface area contributed by atoms with Crippen molar-refractivity contribution in [2.45, 2.75) is 38.0 Å². The van der Waals surface area contributed by atoms with Gasteiger partial charge in [0.05, 0.1) is 6.04 Å². The molecule has 0 spiro atoms. The van der Waals surface area contributed by atoms with Gasteiger partial charge in [-0.2, -0.15) is 0 Å². The third-order valence-corrected chi connectivity index (χ3v) is 4.29. The van der Waals surface area contributed by atoms with Gasteiger partial charge < -0.3 is 20.5 Å². The van der Waals surface area contributed by atoms with E-state index >= 15 is 0 Å². The van der Waals surface area contributed by atoms with Crippen LogP contribution in [-0.4, -0.2) is 55.2 Å². The second kappa shape index (κ2) is 10.1. The lowest BCUT2D eigenvalue weighted by atomic mass is 10.0.